The number of nitrogens with one attached hydrogen (secondary N) is 2. The summed E-state index contributed by atoms with van der Waals surface area (Å²) in [5.74, 6) is 0.951. The zero-order valence-corrected chi connectivity index (χ0v) is 10.3. The molecule has 2 N–H and O–H groups in total. The first-order valence-electron chi connectivity index (χ1n) is 5.98. The fraction of sp³-hybridized carbons (Fsp3) is 0.538. The maximum atomic E-state index is 5.73. The van der Waals surface area contributed by atoms with E-state index < -0.39 is 0 Å². The topological polar surface area (TPSA) is 33.3 Å². The molecule has 0 amide bonds. The van der Waals surface area contributed by atoms with Gasteiger partial charge in [0.1, 0.15) is 5.75 Å². The number of rotatable bonds is 8. The molecule has 0 bridgehead atoms. The summed E-state index contributed by atoms with van der Waals surface area (Å²) in [6.45, 7) is 4.82. The molecule has 1 aromatic rings. The van der Waals surface area contributed by atoms with Crippen LogP contribution in [-0.4, -0.2) is 26.7 Å². The Morgan fingerprint density at radius 2 is 2.00 bits per heavy atom. The monoisotopic (exact) mass is 222 g/mol. The Morgan fingerprint density at radius 1 is 1.19 bits per heavy atom. The highest BCUT2D eigenvalue weighted by Crippen LogP contribution is 2.23. The summed E-state index contributed by atoms with van der Waals surface area (Å²) in [4.78, 5) is 0. The third-order valence-electron chi connectivity index (χ3n) is 2.33. The molecule has 0 saturated heterocycles. The van der Waals surface area contributed by atoms with E-state index in [9.17, 15) is 0 Å². The van der Waals surface area contributed by atoms with Gasteiger partial charge in [-0.2, -0.15) is 0 Å². The fourth-order valence-corrected chi connectivity index (χ4v) is 1.39. The van der Waals surface area contributed by atoms with Crippen LogP contribution >= 0.6 is 0 Å². The zero-order valence-electron chi connectivity index (χ0n) is 10.3. The number of hydrogen-bond donors (Lipinski definition) is 2. The van der Waals surface area contributed by atoms with Crippen molar-refractivity contribution in [2.75, 3.05) is 32.1 Å². The molecule has 0 unspecified atom stereocenters. The van der Waals surface area contributed by atoms with Crippen LogP contribution < -0.4 is 15.4 Å². The molecule has 3 nitrogen and oxygen atoms in total. The molecule has 0 radical (unpaired) electrons. The summed E-state index contributed by atoms with van der Waals surface area (Å²) in [6, 6.07) is 8.09. The molecule has 0 aliphatic carbocycles. The standard InChI is InChI=1S/C13H22N2O/c1-3-4-11-16-13-8-6-5-7-12(13)15-10-9-14-2/h5-8,14-15H,3-4,9-11H2,1-2H3. The number of hydrogen-bond acceptors (Lipinski definition) is 3. The number of likely N-dealkylation sites (N-methyl/N-ethyl adjacent to an activating group) is 1. The smallest absolute Gasteiger partial charge is 0.142 e. The van der Waals surface area contributed by atoms with Crippen LogP contribution in [0, 0.1) is 0 Å². The second kappa shape index (κ2) is 7.99. The van der Waals surface area contributed by atoms with E-state index in [0.29, 0.717) is 0 Å². The second-order valence-electron chi connectivity index (χ2n) is 3.73. The van der Waals surface area contributed by atoms with Gasteiger partial charge in [-0.25, -0.2) is 0 Å². The summed E-state index contributed by atoms with van der Waals surface area (Å²) in [5, 5.41) is 6.46. The van der Waals surface area contributed by atoms with Crippen molar-refractivity contribution in [2.45, 2.75) is 19.8 Å². The number of anilines is 1. The van der Waals surface area contributed by atoms with Gasteiger partial charge < -0.3 is 15.4 Å². The molecule has 0 heterocycles. The molecule has 0 saturated carbocycles. The molecular formula is C13H22N2O. The summed E-state index contributed by atoms with van der Waals surface area (Å²) in [5.41, 5.74) is 1.08. The van der Waals surface area contributed by atoms with Crippen molar-refractivity contribution in [1.29, 1.82) is 0 Å². The van der Waals surface area contributed by atoms with E-state index in [-0.39, 0.29) is 0 Å². The minimum absolute atomic E-state index is 0.793. The van der Waals surface area contributed by atoms with Gasteiger partial charge in [0.15, 0.2) is 0 Å². The Balaban J connectivity index is 2.46. The predicted molar refractivity (Wildman–Crippen MR) is 69.3 cm³/mol. The van der Waals surface area contributed by atoms with Gasteiger partial charge in [0.25, 0.3) is 0 Å². The van der Waals surface area contributed by atoms with Gasteiger partial charge in [0.05, 0.1) is 12.3 Å². The first kappa shape index (κ1) is 12.8. The first-order valence-corrected chi connectivity index (χ1v) is 5.98. The molecule has 0 aliphatic heterocycles. The molecule has 90 valence electrons. The number of benzene rings is 1. The molecule has 0 atom stereocenters. The molecule has 0 fully saturated rings. The van der Waals surface area contributed by atoms with Crippen LogP contribution in [-0.2, 0) is 0 Å². The largest absolute Gasteiger partial charge is 0.491 e. The highest BCUT2D eigenvalue weighted by Gasteiger charge is 2.00. The highest BCUT2D eigenvalue weighted by atomic mass is 16.5. The van der Waals surface area contributed by atoms with Crippen molar-refractivity contribution in [3.8, 4) is 5.75 Å². The quantitative estimate of drug-likeness (QED) is 0.663. The summed E-state index contributed by atoms with van der Waals surface area (Å²) >= 11 is 0. The minimum Gasteiger partial charge on any atom is -0.491 e. The Morgan fingerprint density at radius 3 is 2.75 bits per heavy atom. The van der Waals surface area contributed by atoms with Crippen LogP contribution in [0.5, 0.6) is 5.75 Å². The first-order chi connectivity index (χ1) is 7.88. The number of para-hydroxylation sites is 2. The van der Waals surface area contributed by atoms with Crippen LogP contribution in [0.25, 0.3) is 0 Å². The summed E-state index contributed by atoms with van der Waals surface area (Å²) < 4.78 is 5.73. The van der Waals surface area contributed by atoms with E-state index in [0.717, 1.165) is 44.0 Å². The zero-order chi connectivity index (χ0) is 11.6. The molecule has 0 aliphatic rings. The van der Waals surface area contributed by atoms with Gasteiger partial charge in [-0.05, 0) is 25.6 Å². The van der Waals surface area contributed by atoms with E-state index in [1.54, 1.807) is 0 Å². The third kappa shape index (κ3) is 4.53. The van der Waals surface area contributed by atoms with Crippen LogP contribution in [0.2, 0.25) is 0 Å². The van der Waals surface area contributed by atoms with Crippen molar-refractivity contribution >= 4 is 5.69 Å². The lowest BCUT2D eigenvalue weighted by Crippen LogP contribution is -2.18. The lowest BCUT2D eigenvalue weighted by atomic mass is 10.3. The van der Waals surface area contributed by atoms with Gasteiger partial charge in [0.2, 0.25) is 0 Å². The predicted octanol–water partition coefficient (Wildman–Crippen LogP) is 2.50. The lowest BCUT2D eigenvalue weighted by Gasteiger charge is -2.12. The molecular weight excluding hydrogens is 200 g/mol. The molecule has 1 rings (SSSR count). The third-order valence-corrected chi connectivity index (χ3v) is 2.33. The second-order valence-corrected chi connectivity index (χ2v) is 3.73. The molecule has 16 heavy (non-hydrogen) atoms. The van der Waals surface area contributed by atoms with Crippen LogP contribution in [0.1, 0.15) is 19.8 Å². The maximum absolute atomic E-state index is 5.73. The van der Waals surface area contributed by atoms with Gasteiger partial charge >= 0.3 is 0 Å². The molecule has 1 aromatic carbocycles. The van der Waals surface area contributed by atoms with Crippen LogP contribution in [0.15, 0.2) is 24.3 Å². The summed E-state index contributed by atoms with van der Waals surface area (Å²) in [7, 11) is 1.95. The van der Waals surface area contributed by atoms with Crippen LogP contribution in [0.4, 0.5) is 5.69 Å². The van der Waals surface area contributed by atoms with Gasteiger partial charge in [0, 0.05) is 13.1 Å². The van der Waals surface area contributed by atoms with Crippen molar-refractivity contribution < 1.29 is 4.74 Å². The van der Waals surface area contributed by atoms with Gasteiger partial charge in [-0.3, -0.25) is 0 Å². The average molecular weight is 222 g/mol. The van der Waals surface area contributed by atoms with E-state index in [1.165, 1.54) is 0 Å². The van der Waals surface area contributed by atoms with Crippen molar-refractivity contribution in [2.24, 2.45) is 0 Å². The van der Waals surface area contributed by atoms with Crippen LogP contribution in [0.3, 0.4) is 0 Å². The van der Waals surface area contributed by atoms with Gasteiger partial charge in [-0.15, -0.1) is 0 Å². The number of unbranched alkanes of at least 4 members (excludes halogenated alkanes) is 1. The normalized spacial score (nSPS) is 10.1. The van der Waals surface area contributed by atoms with Crippen molar-refractivity contribution in [3.63, 3.8) is 0 Å². The van der Waals surface area contributed by atoms with E-state index in [1.807, 2.05) is 25.2 Å². The maximum Gasteiger partial charge on any atom is 0.142 e. The van der Waals surface area contributed by atoms with E-state index >= 15 is 0 Å². The number of ether oxygens (including phenoxy) is 1. The van der Waals surface area contributed by atoms with E-state index in [2.05, 4.69) is 23.6 Å². The van der Waals surface area contributed by atoms with Crippen molar-refractivity contribution in [3.05, 3.63) is 24.3 Å². The Bertz CT molecular complexity index is 260. The molecule has 3 heteroatoms. The molecule has 0 aromatic heterocycles. The Labute approximate surface area is 98.2 Å². The van der Waals surface area contributed by atoms with E-state index in [4.69, 9.17) is 4.74 Å². The minimum atomic E-state index is 0.793. The SMILES string of the molecule is CCCCOc1ccccc1NCCNC. The van der Waals surface area contributed by atoms with Gasteiger partial charge in [-0.1, -0.05) is 25.5 Å². The lowest BCUT2D eigenvalue weighted by molar-refractivity contribution is 0.310. The Hall–Kier alpha value is -1.22. The average Bonchev–Trinajstić information content (AvgIpc) is 2.32. The molecule has 0 spiro atoms. The fourth-order valence-electron chi connectivity index (χ4n) is 1.39. The summed E-state index contributed by atoms with van der Waals surface area (Å²) in [6.07, 6.45) is 2.26. The van der Waals surface area contributed by atoms with Crippen molar-refractivity contribution in [1.82, 2.24) is 5.32 Å². The highest BCUT2D eigenvalue weighted by molar-refractivity contribution is 5.56. The Kier molecular flexibility index (Phi) is 6.42.